The van der Waals surface area contributed by atoms with Crippen molar-refractivity contribution in [2.45, 2.75) is 59.6 Å². The van der Waals surface area contributed by atoms with Gasteiger partial charge in [-0.2, -0.15) is 0 Å². The van der Waals surface area contributed by atoms with Crippen molar-refractivity contribution >= 4 is 28.3 Å². The lowest BCUT2D eigenvalue weighted by atomic mass is 10.1. The van der Waals surface area contributed by atoms with Crippen molar-refractivity contribution < 1.29 is 13.7 Å². The van der Waals surface area contributed by atoms with Gasteiger partial charge in [0.05, 0.1) is 0 Å². The summed E-state index contributed by atoms with van der Waals surface area (Å²) in [6.45, 7) is 16.2. The van der Waals surface area contributed by atoms with E-state index in [2.05, 4.69) is 5.16 Å². The second-order valence-electron chi connectivity index (χ2n) is 6.84. The lowest BCUT2D eigenvalue weighted by Crippen LogP contribution is -2.34. The van der Waals surface area contributed by atoms with E-state index >= 15 is 0 Å². The molecule has 4 nitrogen and oxygen atoms in total. The Balaban J connectivity index is 4.83. The Hall–Kier alpha value is -0.626. The summed E-state index contributed by atoms with van der Waals surface area (Å²) in [7, 11) is -3.64. The van der Waals surface area contributed by atoms with E-state index < -0.39 is 16.6 Å². The molecule has 0 heterocycles. The van der Waals surface area contributed by atoms with Crippen molar-refractivity contribution in [3.05, 3.63) is 0 Å². The summed E-state index contributed by atoms with van der Waals surface area (Å²) >= 11 is 0. The molecule has 0 saturated heterocycles. The van der Waals surface area contributed by atoms with E-state index in [0.717, 1.165) is 0 Å². The molecule has 18 heavy (non-hydrogen) atoms. The van der Waals surface area contributed by atoms with Crippen molar-refractivity contribution in [2.24, 2.45) is 11.1 Å². The fourth-order valence-electron chi connectivity index (χ4n) is 1.07. The summed E-state index contributed by atoms with van der Waals surface area (Å²) in [5.74, 6) is 0.0317. The van der Waals surface area contributed by atoms with Crippen LogP contribution >= 0.6 is 0 Å². The smallest absolute Gasteiger partial charge is 0.342 e. The van der Waals surface area contributed by atoms with Crippen molar-refractivity contribution in [3.63, 3.8) is 0 Å². The largest absolute Gasteiger partial charge is 0.515 e. The van der Waals surface area contributed by atoms with Crippen LogP contribution in [0.2, 0.25) is 39.3 Å². The lowest BCUT2D eigenvalue weighted by molar-refractivity contribution is -0.127. The number of nitrogens with zero attached hydrogens (tertiary/aromatic N) is 1. The highest BCUT2D eigenvalue weighted by atomic mass is 28.4. The Bertz CT molecular complexity index is 314. The van der Waals surface area contributed by atoms with Crippen LogP contribution in [0.4, 0.5) is 0 Å². The van der Waals surface area contributed by atoms with Gasteiger partial charge in [0.2, 0.25) is 8.32 Å². The van der Waals surface area contributed by atoms with E-state index in [1.54, 1.807) is 0 Å². The molecule has 0 aromatic carbocycles. The lowest BCUT2D eigenvalue weighted by Gasteiger charge is -2.20. The van der Waals surface area contributed by atoms with E-state index in [-0.39, 0.29) is 5.97 Å². The third kappa shape index (κ3) is 9.41. The predicted octanol–water partition coefficient (Wildman–Crippen LogP) is 3.62. The topological polar surface area (TPSA) is 47.9 Å². The predicted molar refractivity (Wildman–Crippen MR) is 80.8 cm³/mol. The number of carbonyl (C=O) groups excluding carboxylic acids is 1. The summed E-state index contributed by atoms with van der Waals surface area (Å²) in [4.78, 5) is 12.0. The molecule has 0 amide bonds. The van der Waals surface area contributed by atoms with Crippen LogP contribution in [0.25, 0.3) is 0 Å². The molecule has 0 bridgehead atoms. The molecule has 0 aliphatic carbocycles. The highest BCUT2D eigenvalue weighted by molar-refractivity contribution is 6.72. The average Bonchev–Trinajstić information content (AvgIpc) is 2.06. The van der Waals surface area contributed by atoms with Crippen LogP contribution < -0.4 is 0 Å². The van der Waals surface area contributed by atoms with Crippen LogP contribution in [0.5, 0.6) is 0 Å². The Kier molecular flexibility index (Phi) is 6.29. The molecule has 6 heteroatoms. The first kappa shape index (κ1) is 17.4. The standard InChI is InChI=1S/C12H27NO3Si2/c1-10(2)9-11(13-16-18(6,7)8)12(14)15-17(3,4)5/h10H,9H2,1-8H3/b13-11-. The van der Waals surface area contributed by atoms with Crippen LogP contribution in [0.15, 0.2) is 5.16 Å². The number of rotatable bonds is 6. The monoisotopic (exact) mass is 289 g/mol. The van der Waals surface area contributed by atoms with E-state index in [9.17, 15) is 4.79 Å². The Morgan fingerprint density at radius 2 is 1.56 bits per heavy atom. The molecular formula is C12H27NO3Si2. The molecular weight excluding hydrogens is 262 g/mol. The Morgan fingerprint density at radius 1 is 1.06 bits per heavy atom. The summed E-state index contributed by atoms with van der Waals surface area (Å²) in [5.41, 5.74) is 0.412. The van der Waals surface area contributed by atoms with Gasteiger partial charge < -0.3 is 8.95 Å². The van der Waals surface area contributed by atoms with Gasteiger partial charge in [-0.25, -0.2) is 4.79 Å². The van der Waals surface area contributed by atoms with Gasteiger partial charge in [0.25, 0.3) is 8.32 Å². The number of hydrogen-bond donors (Lipinski definition) is 0. The third-order valence-electron chi connectivity index (χ3n) is 1.67. The number of oxime groups is 1. The second kappa shape index (κ2) is 6.51. The average molecular weight is 290 g/mol. The molecule has 0 atom stereocenters. The molecule has 0 rings (SSSR count). The third-order valence-corrected chi connectivity index (χ3v) is 3.10. The van der Waals surface area contributed by atoms with Gasteiger partial charge in [-0.1, -0.05) is 19.0 Å². The molecule has 0 aliphatic heterocycles. The molecule has 0 unspecified atom stereocenters. The summed E-state index contributed by atoms with van der Waals surface area (Å²) in [6.07, 6.45) is 0.591. The van der Waals surface area contributed by atoms with E-state index in [1.807, 2.05) is 53.1 Å². The SMILES string of the molecule is CC(C)C/C(=N/O[Si](C)(C)C)C(=O)O[Si](C)(C)C. The maximum atomic E-state index is 12.0. The first-order valence-electron chi connectivity index (χ1n) is 6.39. The van der Waals surface area contributed by atoms with Gasteiger partial charge in [-0.05, 0) is 45.2 Å². The van der Waals surface area contributed by atoms with Crippen molar-refractivity contribution in [3.8, 4) is 0 Å². The summed E-state index contributed by atoms with van der Waals surface area (Å²) < 4.78 is 10.9. The van der Waals surface area contributed by atoms with Crippen molar-refractivity contribution in [1.29, 1.82) is 0 Å². The normalized spacial score (nSPS) is 13.7. The fourth-order valence-corrected chi connectivity index (χ4v) is 2.13. The highest BCUT2D eigenvalue weighted by Gasteiger charge is 2.25. The molecule has 106 valence electrons. The van der Waals surface area contributed by atoms with Crippen LogP contribution in [-0.4, -0.2) is 28.3 Å². The minimum absolute atomic E-state index is 0.318. The second-order valence-corrected chi connectivity index (χ2v) is 15.7. The van der Waals surface area contributed by atoms with Gasteiger partial charge in [0, 0.05) is 6.42 Å². The van der Waals surface area contributed by atoms with Crippen LogP contribution in [0.3, 0.4) is 0 Å². The van der Waals surface area contributed by atoms with Crippen molar-refractivity contribution in [1.82, 2.24) is 0 Å². The van der Waals surface area contributed by atoms with Gasteiger partial charge in [-0.15, -0.1) is 0 Å². The van der Waals surface area contributed by atoms with Crippen LogP contribution in [-0.2, 0) is 13.7 Å². The molecule has 0 aromatic heterocycles. The van der Waals surface area contributed by atoms with E-state index in [1.165, 1.54) is 0 Å². The van der Waals surface area contributed by atoms with E-state index in [4.69, 9.17) is 8.95 Å². The van der Waals surface area contributed by atoms with Gasteiger partial charge in [0.1, 0.15) is 0 Å². The molecule has 0 N–H and O–H groups in total. The first-order valence-corrected chi connectivity index (χ1v) is 13.2. The molecule has 0 aliphatic rings. The molecule has 0 saturated carbocycles. The zero-order chi connectivity index (χ0) is 14.6. The number of carbonyl (C=O) groups is 1. The van der Waals surface area contributed by atoms with Crippen molar-refractivity contribution in [2.75, 3.05) is 0 Å². The van der Waals surface area contributed by atoms with E-state index in [0.29, 0.717) is 18.1 Å². The van der Waals surface area contributed by atoms with Gasteiger partial charge in [-0.3, -0.25) is 0 Å². The first-order chi connectivity index (χ1) is 7.91. The summed E-state index contributed by atoms with van der Waals surface area (Å²) in [5, 5.41) is 4.05. The van der Waals surface area contributed by atoms with Crippen LogP contribution in [0.1, 0.15) is 20.3 Å². The molecule has 0 fully saturated rings. The molecule has 0 radical (unpaired) electrons. The molecule has 0 spiro atoms. The molecule has 0 aromatic rings. The zero-order valence-corrected chi connectivity index (χ0v) is 15.0. The quantitative estimate of drug-likeness (QED) is 0.426. The maximum Gasteiger partial charge on any atom is 0.342 e. The van der Waals surface area contributed by atoms with Gasteiger partial charge >= 0.3 is 5.97 Å². The summed E-state index contributed by atoms with van der Waals surface area (Å²) in [6, 6.07) is 0. The highest BCUT2D eigenvalue weighted by Crippen LogP contribution is 2.11. The Morgan fingerprint density at radius 3 is 1.89 bits per heavy atom. The minimum Gasteiger partial charge on any atom is -0.515 e. The van der Waals surface area contributed by atoms with Gasteiger partial charge in [0.15, 0.2) is 5.71 Å². The fraction of sp³-hybridized carbons (Fsp3) is 0.833. The number of hydrogen-bond acceptors (Lipinski definition) is 4. The minimum atomic E-state index is -1.88. The Labute approximate surface area is 113 Å². The maximum absolute atomic E-state index is 12.0. The zero-order valence-electron chi connectivity index (χ0n) is 13.0. The van der Waals surface area contributed by atoms with Crippen LogP contribution in [0, 0.1) is 5.92 Å².